The first-order chi connectivity index (χ1) is 28.7. The average molecular weight is 741 g/mol. The van der Waals surface area contributed by atoms with Gasteiger partial charge in [-0.3, -0.25) is 9.97 Å². The number of rotatable bonds is 6. The summed E-state index contributed by atoms with van der Waals surface area (Å²) in [6, 6.07) is 62.7. The summed E-state index contributed by atoms with van der Waals surface area (Å²) in [4.78, 5) is 29.5. The Labute approximate surface area is 334 Å². The maximum Gasteiger partial charge on any atom is 0.160 e. The first-order valence-electron chi connectivity index (χ1n) is 19.3. The van der Waals surface area contributed by atoms with Crippen molar-refractivity contribution in [3.05, 3.63) is 194 Å². The van der Waals surface area contributed by atoms with E-state index >= 15 is 0 Å². The molecule has 5 heterocycles. The Hall–Kier alpha value is -7.96. The van der Waals surface area contributed by atoms with Crippen molar-refractivity contribution in [2.45, 2.75) is 0 Å². The SMILES string of the molecule is c1ccc(-c2cc(-c3ccc4ccc(-c5ccc6nc(-c7ccc(-c8cc9cccnc9c9ncccc89)cc7)ccc6c5)cc4n3)nc(-c3ccccc3)n2)cc1. The topological polar surface area (TPSA) is 77.3 Å². The van der Waals surface area contributed by atoms with Gasteiger partial charge in [-0.2, -0.15) is 0 Å². The van der Waals surface area contributed by atoms with Gasteiger partial charge in [0.15, 0.2) is 5.82 Å². The van der Waals surface area contributed by atoms with E-state index in [9.17, 15) is 0 Å². The van der Waals surface area contributed by atoms with E-state index in [1.54, 1.807) is 0 Å². The van der Waals surface area contributed by atoms with Gasteiger partial charge in [0.25, 0.3) is 0 Å². The molecular weight excluding hydrogens is 709 g/mol. The summed E-state index contributed by atoms with van der Waals surface area (Å²) in [5, 5.41) is 4.30. The van der Waals surface area contributed by atoms with Gasteiger partial charge in [0.1, 0.15) is 0 Å². The van der Waals surface area contributed by atoms with Gasteiger partial charge in [-0.1, -0.05) is 127 Å². The molecular formula is C52H32N6. The molecule has 0 aliphatic carbocycles. The number of fused-ring (bicyclic) bond motifs is 5. The zero-order valence-electron chi connectivity index (χ0n) is 31.2. The number of hydrogen-bond donors (Lipinski definition) is 0. The van der Waals surface area contributed by atoms with Crippen LogP contribution in [0.15, 0.2) is 194 Å². The van der Waals surface area contributed by atoms with Crippen molar-refractivity contribution >= 4 is 43.6 Å². The molecule has 270 valence electrons. The van der Waals surface area contributed by atoms with Crippen LogP contribution in [0.2, 0.25) is 0 Å². The fraction of sp³-hybridized carbons (Fsp3) is 0. The first kappa shape index (κ1) is 33.4. The normalized spacial score (nSPS) is 11.4. The van der Waals surface area contributed by atoms with Gasteiger partial charge >= 0.3 is 0 Å². The summed E-state index contributed by atoms with van der Waals surface area (Å²) >= 11 is 0. The smallest absolute Gasteiger partial charge is 0.160 e. The molecule has 0 saturated heterocycles. The zero-order valence-corrected chi connectivity index (χ0v) is 31.2. The lowest BCUT2D eigenvalue weighted by atomic mass is 9.96. The molecule has 0 atom stereocenters. The lowest BCUT2D eigenvalue weighted by Crippen LogP contribution is -1.97. The maximum atomic E-state index is 5.15. The lowest BCUT2D eigenvalue weighted by molar-refractivity contribution is 1.17. The van der Waals surface area contributed by atoms with E-state index in [1.165, 1.54) is 0 Å². The van der Waals surface area contributed by atoms with Gasteiger partial charge in [0.2, 0.25) is 0 Å². The van der Waals surface area contributed by atoms with Crippen molar-refractivity contribution in [1.29, 1.82) is 0 Å². The highest BCUT2D eigenvalue weighted by Gasteiger charge is 2.14. The Balaban J connectivity index is 0.903. The highest BCUT2D eigenvalue weighted by atomic mass is 14.9. The van der Waals surface area contributed by atoms with E-state index in [0.717, 1.165) is 105 Å². The van der Waals surface area contributed by atoms with Crippen LogP contribution in [0.4, 0.5) is 0 Å². The third kappa shape index (κ3) is 6.10. The molecule has 11 rings (SSSR count). The van der Waals surface area contributed by atoms with Gasteiger partial charge in [-0.25, -0.2) is 19.9 Å². The molecule has 0 spiro atoms. The van der Waals surface area contributed by atoms with Crippen LogP contribution >= 0.6 is 0 Å². The van der Waals surface area contributed by atoms with E-state index < -0.39 is 0 Å². The molecule has 0 fully saturated rings. The van der Waals surface area contributed by atoms with E-state index in [4.69, 9.17) is 19.9 Å². The molecule has 0 saturated carbocycles. The predicted octanol–water partition coefficient (Wildman–Crippen LogP) is 12.7. The van der Waals surface area contributed by atoms with Crippen molar-refractivity contribution in [2.75, 3.05) is 0 Å². The number of benzene rings is 6. The quantitative estimate of drug-likeness (QED) is 0.158. The second kappa shape index (κ2) is 14.0. The number of nitrogens with zero attached hydrogens (tertiary/aromatic N) is 6. The van der Waals surface area contributed by atoms with Gasteiger partial charge in [-0.15, -0.1) is 0 Å². The van der Waals surface area contributed by atoms with Crippen LogP contribution < -0.4 is 0 Å². The van der Waals surface area contributed by atoms with Crippen LogP contribution in [0.3, 0.4) is 0 Å². The Kier molecular flexibility index (Phi) is 8.04. The van der Waals surface area contributed by atoms with Gasteiger partial charge in [0, 0.05) is 50.6 Å². The highest BCUT2D eigenvalue weighted by molar-refractivity contribution is 6.10. The minimum Gasteiger partial charge on any atom is -0.254 e. The van der Waals surface area contributed by atoms with E-state index in [0.29, 0.717) is 5.82 Å². The van der Waals surface area contributed by atoms with Gasteiger partial charge in [-0.05, 0) is 76.9 Å². The second-order valence-electron chi connectivity index (χ2n) is 14.4. The fourth-order valence-corrected chi connectivity index (χ4v) is 7.79. The molecule has 5 aromatic heterocycles. The summed E-state index contributed by atoms with van der Waals surface area (Å²) in [5.41, 5.74) is 14.5. The first-order valence-corrected chi connectivity index (χ1v) is 19.3. The van der Waals surface area contributed by atoms with Crippen molar-refractivity contribution in [2.24, 2.45) is 0 Å². The molecule has 6 heteroatoms. The Bertz CT molecular complexity index is 3270. The third-order valence-electron chi connectivity index (χ3n) is 10.8. The zero-order chi connectivity index (χ0) is 38.4. The summed E-state index contributed by atoms with van der Waals surface area (Å²) in [7, 11) is 0. The molecule has 0 radical (unpaired) electrons. The van der Waals surface area contributed by atoms with Crippen LogP contribution in [0.1, 0.15) is 0 Å². The molecule has 0 aliphatic rings. The van der Waals surface area contributed by atoms with Crippen molar-refractivity contribution < 1.29 is 0 Å². The summed E-state index contributed by atoms with van der Waals surface area (Å²) in [5.74, 6) is 0.669. The minimum atomic E-state index is 0.669. The van der Waals surface area contributed by atoms with Gasteiger partial charge < -0.3 is 0 Å². The van der Waals surface area contributed by atoms with Crippen molar-refractivity contribution in [1.82, 2.24) is 29.9 Å². The lowest BCUT2D eigenvalue weighted by Gasteiger charge is -2.11. The Morgan fingerprint density at radius 3 is 1.76 bits per heavy atom. The van der Waals surface area contributed by atoms with E-state index in [2.05, 4.69) is 119 Å². The van der Waals surface area contributed by atoms with Crippen LogP contribution in [-0.2, 0) is 0 Å². The van der Waals surface area contributed by atoms with Crippen LogP contribution in [-0.4, -0.2) is 29.9 Å². The van der Waals surface area contributed by atoms with Crippen molar-refractivity contribution in [3.63, 3.8) is 0 Å². The summed E-state index contributed by atoms with van der Waals surface area (Å²) < 4.78 is 0. The summed E-state index contributed by atoms with van der Waals surface area (Å²) in [6.45, 7) is 0. The third-order valence-corrected chi connectivity index (χ3v) is 10.8. The number of hydrogen-bond acceptors (Lipinski definition) is 6. The fourth-order valence-electron chi connectivity index (χ4n) is 7.79. The van der Waals surface area contributed by atoms with Crippen LogP contribution in [0.5, 0.6) is 0 Å². The van der Waals surface area contributed by atoms with E-state index in [1.807, 2.05) is 85.2 Å². The monoisotopic (exact) mass is 740 g/mol. The summed E-state index contributed by atoms with van der Waals surface area (Å²) in [6.07, 6.45) is 3.65. The van der Waals surface area contributed by atoms with Crippen molar-refractivity contribution in [3.8, 4) is 67.5 Å². The molecule has 0 amide bonds. The number of pyridine rings is 4. The molecule has 6 aromatic carbocycles. The molecule has 0 aliphatic heterocycles. The standard InChI is InChI=1S/C52H32N6/c1-3-9-34(10-4-1)48-32-49(58-52(57-48)37-11-5-2-6-12-37)46-26-21-36-19-20-39(31-47(36)56-46)38-22-24-45-40(29-38)23-25-44(55-45)35-17-15-33(16-18-35)43-30-41-13-7-27-53-50(41)51-42(43)14-8-28-54-51/h1-32H. The average Bonchev–Trinajstić information content (AvgIpc) is 3.31. The van der Waals surface area contributed by atoms with Gasteiger partial charge in [0.05, 0.1) is 44.8 Å². The minimum absolute atomic E-state index is 0.669. The molecule has 0 bridgehead atoms. The maximum absolute atomic E-state index is 5.15. The predicted molar refractivity (Wildman–Crippen MR) is 236 cm³/mol. The Morgan fingerprint density at radius 1 is 0.293 bits per heavy atom. The largest absolute Gasteiger partial charge is 0.254 e. The Morgan fingerprint density at radius 2 is 0.914 bits per heavy atom. The molecule has 6 nitrogen and oxygen atoms in total. The second-order valence-corrected chi connectivity index (χ2v) is 14.4. The molecule has 11 aromatic rings. The molecule has 0 N–H and O–H groups in total. The van der Waals surface area contributed by atoms with Crippen LogP contribution in [0.25, 0.3) is 111 Å². The number of aromatic nitrogens is 6. The molecule has 58 heavy (non-hydrogen) atoms. The highest BCUT2D eigenvalue weighted by Crippen LogP contribution is 2.35. The van der Waals surface area contributed by atoms with E-state index in [-0.39, 0.29) is 0 Å². The molecule has 0 unspecified atom stereocenters. The van der Waals surface area contributed by atoms with Crippen LogP contribution in [0, 0.1) is 0 Å².